The molecule has 0 aliphatic carbocycles. The van der Waals surface area contributed by atoms with Crippen molar-refractivity contribution >= 4 is 38.8 Å². The summed E-state index contributed by atoms with van der Waals surface area (Å²) in [6.07, 6.45) is -0.252. The summed E-state index contributed by atoms with van der Waals surface area (Å²) in [6.45, 7) is 5.17. The van der Waals surface area contributed by atoms with E-state index in [1.54, 1.807) is 32.9 Å². The number of hydrogen-bond donors (Lipinski definition) is 0. The van der Waals surface area contributed by atoms with Crippen LogP contribution < -0.4 is 4.74 Å². The molecular weight excluding hydrogens is 440 g/mol. The van der Waals surface area contributed by atoms with Gasteiger partial charge < -0.3 is 18.6 Å². The van der Waals surface area contributed by atoms with Gasteiger partial charge in [0.2, 0.25) is 0 Å². The van der Waals surface area contributed by atoms with Crippen LogP contribution in [0.3, 0.4) is 0 Å². The number of esters is 2. The van der Waals surface area contributed by atoms with Crippen LogP contribution in [0, 0.1) is 6.92 Å². The number of benzene rings is 2. The fourth-order valence-corrected chi connectivity index (χ4v) is 3.21. The van der Waals surface area contributed by atoms with Crippen LogP contribution in [-0.4, -0.2) is 24.6 Å². The SMILES string of the molecule is Cc1oc2cc(Br)c(OCC(=O)OCc3ccccc3)cc2c1C(=O)OC(C)C. The molecule has 1 heterocycles. The molecule has 0 saturated carbocycles. The van der Waals surface area contributed by atoms with E-state index in [4.69, 9.17) is 18.6 Å². The van der Waals surface area contributed by atoms with Gasteiger partial charge in [0.05, 0.1) is 10.6 Å². The lowest BCUT2D eigenvalue weighted by molar-refractivity contribution is -0.147. The number of furan rings is 1. The van der Waals surface area contributed by atoms with Gasteiger partial charge in [0.25, 0.3) is 0 Å². The van der Waals surface area contributed by atoms with Crippen LogP contribution in [0.5, 0.6) is 5.75 Å². The van der Waals surface area contributed by atoms with Crippen molar-refractivity contribution in [2.24, 2.45) is 0 Å². The number of carbonyl (C=O) groups excluding carboxylic acids is 2. The van der Waals surface area contributed by atoms with Gasteiger partial charge in [-0.25, -0.2) is 9.59 Å². The van der Waals surface area contributed by atoms with E-state index in [2.05, 4.69) is 15.9 Å². The van der Waals surface area contributed by atoms with Crippen molar-refractivity contribution in [2.75, 3.05) is 6.61 Å². The van der Waals surface area contributed by atoms with E-state index in [1.165, 1.54) is 0 Å². The van der Waals surface area contributed by atoms with Crippen molar-refractivity contribution in [1.82, 2.24) is 0 Å². The standard InChI is InChI=1S/C22H21BrO6/c1-13(2)28-22(25)21-14(3)29-18-10-17(23)19(9-16(18)21)26-12-20(24)27-11-15-7-5-4-6-8-15/h4-10,13H,11-12H2,1-3H3. The van der Waals surface area contributed by atoms with Gasteiger partial charge in [0.15, 0.2) is 6.61 Å². The zero-order valence-corrected chi connectivity index (χ0v) is 17.9. The Labute approximate surface area is 176 Å². The highest BCUT2D eigenvalue weighted by Gasteiger charge is 2.22. The third-order valence-electron chi connectivity index (χ3n) is 4.05. The topological polar surface area (TPSA) is 75.0 Å². The van der Waals surface area contributed by atoms with Crippen molar-refractivity contribution < 1.29 is 28.2 Å². The van der Waals surface area contributed by atoms with Crippen molar-refractivity contribution in [3.63, 3.8) is 0 Å². The van der Waals surface area contributed by atoms with Crippen LogP contribution >= 0.6 is 15.9 Å². The predicted molar refractivity (Wildman–Crippen MR) is 111 cm³/mol. The molecule has 7 heteroatoms. The average molecular weight is 461 g/mol. The number of ether oxygens (including phenoxy) is 3. The van der Waals surface area contributed by atoms with Gasteiger partial charge in [-0.1, -0.05) is 30.3 Å². The van der Waals surface area contributed by atoms with E-state index in [0.29, 0.717) is 32.5 Å². The molecule has 0 atom stereocenters. The van der Waals surface area contributed by atoms with Gasteiger partial charge in [0.1, 0.15) is 29.3 Å². The molecule has 0 saturated heterocycles. The Balaban J connectivity index is 1.73. The predicted octanol–water partition coefficient (Wildman–Crippen LogP) is 5.19. The number of fused-ring (bicyclic) bond motifs is 1. The Kier molecular flexibility index (Phi) is 6.59. The second-order valence-electron chi connectivity index (χ2n) is 6.70. The molecule has 3 aromatic rings. The third kappa shape index (κ3) is 5.17. The van der Waals surface area contributed by atoms with Crippen molar-refractivity contribution in [2.45, 2.75) is 33.5 Å². The molecule has 0 aliphatic heterocycles. The van der Waals surface area contributed by atoms with E-state index < -0.39 is 11.9 Å². The zero-order valence-electron chi connectivity index (χ0n) is 16.4. The Morgan fingerprint density at radius 1 is 1.14 bits per heavy atom. The molecule has 0 radical (unpaired) electrons. The molecule has 0 spiro atoms. The molecule has 2 aromatic carbocycles. The van der Waals surface area contributed by atoms with Gasteiger partial charge in [-0.05, 0) is 54.4 Å². The molecule has 6 nitrogen and oxygen atoms in total. The van der Waals surface area contributed by atoms with Crippen LogP contribution in [0.1, 0.15) is 35.5 Å². The zero-order chi connectivity index (χ0) is 21.0. The summed E-state index contributed by atoms with van der Waals surface area (Å²) in [4.78, 5) is 24.4. The van der Waals surface area contributed by atoms with Crippen LogP contribution in [0.15, 0.2) is 51.4 Å². The van der Waals surface area contributed by atoms with Crippen LogP contribution in [0.4, 0.5) is 0 Å². The van der Waals surface area contributed by atoms with E-state index >= 15 is 0 Å². The highest BCUT2D eigenvalue weighted by atomic mass is 79.9. The smallest absolute Gasteiger partial charge is 0.344 e. The minimum Gasteiger partial charge on any atom is -0.481 e. The van der Waals surface area contributed by atoms with Gasteiger partial charge >= 0.3 is 11.9 Å². The van der Waals surface area contributed by atoms with Gasteiger partial charge in [-0.15, -0.1) is 0 Å². The summed E-state index contributed by atoms with van der Waals surface area (Å²) in [5.41, 5.74) is 1.76. The Morgan fingerprint density at radius 2 is 1.86 bits per heavy atom. The summed E-state index contributed by atoms with van der Waals surface area (Å²) in [5.74, 6) is -0.110. The molecule has 0 amide bonds. The summed E-state index contributed by atoms with van der Waals surface area (Å²) >= 11 is 3.40. The molecule has 0 unspecified atom stereocenters. The number of carbonyl (C=O) groups is 2. The molecular formula is C22H21BrO6. The molecule has 0 fully saturated rings. The lowest BCUT2D eigenvalue weighted by atomic mass is 10.1. The van der Waals surface area contributed by atoms with Gasteiger partial charge in [0, 0.05) is 5.39 Å². The number of halogens is 1. The lowest BCUT2D eigenvalue weighted by Gasteiger charge is -2.10. The Bertz CT molecular complexity index is 1020. The van der Waals surface area contributed by atoms with Gasteiger partial charge in [-0.2, -0.15) is 0 Å². The highest BCUT2D eigenvalue weighted by molar-refractivity contribution is 9.10. The second kappa shape index (κ2) is 9.13. The molecule has 0 aliphatic rings. The average Bonchev–Trinajstić information content (AvgIpc) is 2.99. The van der Waals surface area contributed by atoms with E-state index in [0.717, 1.165) is 5.56 Å². The quantitative estimate of drug-likeness (QED) is 0.451. The molecule has 0 N–H and O–H groups in total. The van der Waals surface area contributed by atoms with Crippen molar-refractivity contribution in [3.05, 3.63) is 63.8 Å². The molecule has 29 heavy (non-hydrogen) atoms. The Morgan fingerprint density at radius 3 is 2.55 bits per heavy atom. The minimum absolute atomic E-state index is 0.176. The van der Waals surface area contributed by atoms with Crippen molar-refractivity contribution in [1.29, 1.82) is 0 Å². The van der Waals surface area contributed by atoms with Crippen LogP contribution in [0.2, 0.25) is 0 Å². The van der Waals surface area contributed by atoms with Gasteiger partial charge in [-0.3, -0.25) is 0 Å². The normalized spacial score (nSPS) is 10.9. The molecule has 1 aromatic heterocycles. The summed E-state index contributed by atoms with van der Waals surface area (Å²) in [5, 5.41) is 0.559. The first-order valence-electron chi connectivity index (χ1n) is 9.11. The number of aryl methyl sites for hydroxylation is 1. The fourth-order valence-electron chi connectivity index (χ4n) is 2.77. The Hall–Kier alpha value is -2.80. The number of hydrogen-bond acceptors (Lipinski definition) is 6. The third-order valence-corrected chi connectivity index (χ3v) is 4.67. The summed E-state index contributed by atoms with van der Waals surface area (Å²) in [6, 6.07) is 12.7. The van der Waals surface area contributed by atoms with E-state index in [1.807, 2.05) is 30.3 Å². The van der Waals surface area contributed by atoms with E-state index in [9.17, 15) is 9.59 Å². The summed E-state index contributed by atoms with van der Waals surface area (Å²) < 4.78 is 22.4. The first kappa shape index (κ1) is 20.9. The number of rotatable bonds is 7. The maximum absolute atomic E-state index is 12.4. The monoisotopic (exact) mass is 460 g/mol. The first-order valence-corrected chi connectivity index (χ1v) is 9.90. The first-order chi connectivity index (χ1) is 13.8. The minimum atomic E-state index is -0.497. The molecule has 0 bridgehead atoms. The maximum atomic E-state index is 12.4. The molecule has 3 rings (SSSR count). The fraction of sp³-hybridized carbons (Fsp3) is 0.273. The largest absolute Gasteiger partial charge is 0.481 e. The van der Waals surface area contributed by atoms with Crippen molar-refractivity contribution in [3.8, 4) is 5.75 Å². The van der Waals surface area contributed by atoms with Crippen LogP contribution in [0.25, 0.3) is 11.0 Å². The highest BCUT2D eigenvalue weighted by Crippen LogP contribution is 2.35. The maximum Gasteiger partial charge on any atom is 0.344 e. The lowest BCUT2D eigenvalue weighted by Crippen LogP contribution is -2.15. The summed E-state index contributed by atoms with van der Waals surface area (Å²) in [7, 11) is 0. The van der Waals surface area contributed by atoms with E-state index in [-0.39, 0.29) is 19.3 Å². The van der Waals surface area contributed by atoms with Crippen LogP contribution in [-0.2, 0) is 20.9 Å². The second-order valence-corrected chi connectivity index (χ2v) is 7.56. The molecule has 152 valence electrons.